The third-order valence-corrected chi connectivity index (χ3v) is 4.18. The van der Waals surface area contributed by atoms with E-state index in [1.54, 1.807) is 6.92 Å². The Balaban J connectivity index is 2.32. The average Bonchev–Trinajstić information content (AvgIpc) is 2.23. The third kappa shape index (κ3) is 4.66. The molecule has 0 heterocycles. The SMILES string of the molecule is CC1CC(C)CC(CCN(C)C(C)C(=O)O)C1. The first-order valence-corrected chi connectivity index (χ1v) is 6.83. The number of hydrogen-bond donors (Lipinski definition) is 1. The summed E-state index contributed by atoms with van der Waals surface area (Å²) >= 11 is 0. The Morgan fingerprint density at radius 1 is 1.29 bits per heavy atom. The molecular formula is C14H27NO2. The van der Waals surface area contributed by atoms with Gasteiger partial charge >= 0.3 is 5.97 Å². The van der Waals surface area contributed by atoms with Crippen LogP contribution >= 0.6 is 0 Å². The molecule has 1 rings (SSSR count). The zero-order chi connectivity index (χ0) is 13.0. The molecule has 3 heteroatoms. The van der Waals surface area contributed by atoms with Crippen molar-refractivity contribution in [3.05, 3.63) is 0 Å². The lowest BCUT2D eigenvalue weighted by atomic mass is 9.75. The highest BCUT2D eigenvalue weighted by Crippen LogP contribution is 2.34. The molecule has 1 N–H and O–H groups in total. The molecule has 1 saturated carbocycles. The Hall–Kier alpha value is -0.570. The molecule has 0 aromatic carbocycles. The van der Waals surface area contributed by atoms with E-state index in [9.17, 15) is 4.79 Å². The fourth-order valence-electron chi connectivity index (χ4n) is 3.12. The fourth-order valence-corrected chi connectivity index (χ4v) is 3.12. The highest BCUT2D eigenvalue weighted by atomic mass is 16.4. The topological polar surface area (TPSA) is 40.5 Å². The van der Waals surface area contributed by atoms with E-state index >= 15 is 0 Å². The molecule has 0 aliphatic heterocycles. The molecule has 0 saturated heterocycles. The summed E-state index contributed by atoms with van der Waals surface area (Å²) in [5.41, 5.74) is 0. The van der Waals surface area contributed by atoms with Crippen LogP contribution in [0, 0.1) is 17.8 Å². The smallest absolute Gasteiger partial charge is 0.320 e. The molecule has 17 heavy (non-hydrogen) atoms. The van der Waals surface area contributed by atoms with Crippen LogP contribution < -0.4 is 0 Å². The Bertz CT molecular complexity index is 245. The predicted octanol–water partition coefficient (Wildman–Crippen LogP) is 2.85. The summed E-state index contributed by atoms with van der Waals surface area (Å²) in [6, 6.07) is -0.367. The van der Waals surface area contributed by atoms with Gasteiger partial charge in [-0.25, -0.2) is 0 Å². The lowest BCUT2D eigenvalue weighted by molar-refractivity contribution is -0.142. The highest BCUT2D eigenvalue weighted by Gasteiger charge is 2.25. The zero-order valence-electron chi connectivity index (χ0n) is 11.6. The molecule has 0 amide bonds. The van der Waals surface area contributed by atoms with Crippen LogP contribution in [0.25, 0.3) is 0 Å². The maximum absolute atomic E-state index is 10.9. The van der Waals surface area contributed by atoms with Gasteiger partial charge in [0.05, 0.1) is 0 Å². The molecule has 0 bridgehead atoms. The minimum Gasteiger partial charge on any atom is -0.480 e. The van der Waals surface area contributed by atoms with Crippen LogP contribution in [0.3, 0.4) is 0 Å². The Labute approximate surface area is 105 Å². The number of carboxylic acid groups (broad SMARTS) is 1. The second kappa shape index (κ2) is 6.39. The van der Waals surface area contributed by atoms with Gasteiger partial charge in [-0.15, -0.1) is 0 Å². The lowest BCUT2D eigenvalue weighted by Gasteiger charge is -2.33. The summed E-state index contributed by atoms with van der Waals surface area (Å²) in [4.78, 5) is 12.8. The van der Waals surface area contributed by atoms with Gasteiger partial charge < -0.3 is 5.11 Å². The second-order valence-electron chi connectivity index (χ2n) is 6.07. The van der Waals surface area contributed by atoms with E-state index in [1.807, 2.05) is 11.9 Å². The number of rotatable bonds is 5. The van der Waals surface area contributed by atoms with E-state index in [2.05, 4.69) is 13.8 Å². The molecule has 3 atom stereocenters. The van der Waals surface area contributed by atoms with Gasteiger partial charge in [0.2, 0.25) is 0 Å². The van der Waals surface area contributed by atoms with Gasteiger partial charge in [-0.2, -0.15) is 0 Å². The first-order chi connectivity index (χ1) is 7.90. The summed E-state index contributed by atoms with van der Waals surface area (Å²) in [7, 11) is 1.91. The quantitative estimate of drug-likeness (QED) is 0.804. The third-order valence-electron chi connectivity index (χ3n) is 4.18. The Morgan fingerprint density at radius 3 is 2.29 bits per heavy atom. The number of carbonyl (C=O) groups is 1. The highest BCUT2D eigenvalue weighted by molar-refractivity contribution is 5.72. The maximum atomic E-state index is 10.9. The first-order valence-electron chi connectivity index (χ1n) is 6.83. The van der Waals surface area contributed by atoms with Crippen molar-refractivity contribution in [2.75, 3.05) is 13.6 Å². The number of likely N-dealkylation sites (N-methyl/N-ethyl adjacent to an activating group) is 1. The average molecular weight is 241 g/mol. The molecule has 0 spiro atoms. The largest absolute Gasteiger partial charge is 0.480 e. The van der Waals surface area contributed by atoms with E-state index in [0.29, 0.717) is 0 Å². The summed E-state index contributed by atoms with van der Waals surface area (Å²) in [6.07, 6.45) is 5.14. The Kier molecular flexibility index (Phi) is 5.44. The van der Waals surface area contributed by atoms with Crippen LogP contribution in [0.2, 0.25) is 0 Å². The summed E-state index contributed by atoms with van der Waals surface area (Å²) < 4.78 is 0. The lowest BCUT2D eigenvalue weighted by Crippen LogP contribution is -2.37. The number of hydrogen-bond acceptors (Lipinski definition) is 2. The van der Waals surface area contributed by atoms with Gasteiger partial charge in [0.1, 0.15) is 6.04 Å². The van der Waals surface area contributed by atoms with Crippen LogP contribution in [-0.4, -0.2) is 35.6 Å². The van der Waals surface area contributed by atoms with E-state index in [1.165, 1.54) is 19.3 Å². The van der Waals surface area contributed by atoms with Crippen molar-refractivity contribution in [2.24, 2.45) is 17.8 Å². The Morgan fingerprint density at radius 2 is 1.82 bits per heavy atom. The van der Waals surface area contributed by atoms with Crippen molar-refractivity contribution in [1.82, 2.24) is 4.90 Å². The van der Waals surface area contributed by atoms with Crippen LogP contribution in [0.5, 0.6) is 0 Å². The van der Waals surface area contributed by atoms with Crippen molar-refractivity contribution in [1.29, 1.82) is 0 Å². The molecule has 0 aromatic rings. The van der Waals surface area contributed by atoms with Gasteiger partial charge in [0.25, 0.3) is 0 Å². The predicted molar refractivity (Wildman–Crippen MR) is 70.0 cm³/mol. The molecule has 1 aliphatic rings. The monoisotopic (exact) mass is 241 g/mol. The number of carboxylic acids is 1. The maximum Gasteiger partial charge on any atom is 0.320 e. The van der Waals surface area contributed by atoms with Gasteiger partial charge in [-0.3, -0.25) is 9.69 Å². The molecule has 3 nitrogen and oxygen atoms in total. The minimum atomic E-state index is -0.724. The van der Waals surface area contributed by atoms with E-state index in [-0.39, 0.29) is 6.04 Å². The molecule has 3 unspecified atom stereocenters. The second-order valence-corrected chi connectivity index (χ2v) is 6.07. The van der Waals surface area contributed by atoms with Crippen molar-refractivity contribution < 1.29 is 9.90 Å². The van der Waals surface area contributed by atoms with Gasteiger partial charge in [0, 0.05) is 0 Å². The van der Waals surface area contributed by atoms with Crippen LogP contribution in [0.1, 0.15) is 46.5 Å². The molecule has 100 valence electrons. The first kappa shape index (κ1) is 14.5. The standard InChI is InChI=1S/C14H27NO2/c1-10-7-11(2)9-13(8-10)5-6-15(4)12(3)14(16)17/h10-13H,5-9H2,1-4H3,(H,16,17). The molecule has 0 radical (unpaired) electrons. The summed E-state index contributed by atoms with van der Waals surface area (Å²) in [5.74, 6) is 1.74. The summed E-state index contributed by atoms with van der Waals surface area (Å²) in [6.45, 7) is 7.34. The van der Waals surface area contributed by atoms with E-state index in [4.69, 9.17) is 5.11 Å². The summed E-state index contributed by atoms with van der Waals surface area (Å²) in [5, 5.41) is 8.93. The van der Waals surface area contributed by atoms with Gasteiger partial charge in [-0.1, -0.05) is 13.8 Å². The molecule has 0 aromatic heterocycles. The molecular weight excluding hydrogens is 214 g/mol. The van der Waals surface area contributed by atoms with E-state index < -0.39 is 5.97 Å². The molecule has 1 fully saturated rings. The van der Waals surface area contributed by atoms with Crippen LogP contribution in [-0.2, 0) is 4.79 Å². The molecule has 1 aliphatic carbocycles. The zero-order valence-corrected chi connectivity index (χ0v) is 11.6. The van der Waals surface area contributed by atoms with Crippen LogP contribution in [0.15, 0.2) is 0 Å². The minimum absolute atomic E-state index is 0.367. The van der Waals surface area contributed by atoms with Crippen molar-refractivity contribution in [3.8, 4) is 0 Å². The van der Waals surface area contributed by atoms with Crippen molar-refractivity contribution in [3.63, 3.8) is 0 Å². The number of nitrogens with zero attached hydrogens (tertiary/aromatic N) is 1. The number of aliphatic carboxylic acids is 1. The van der Waals surface area contributed by atoms with Gasteiger partial charge in [-0.05, 0) is 64.0 Å². The van der Waals surface area contributed by atoms with Crippen LogP contribution in [0.4, 0.5) is 0 Å². The normalized spacial score (nSPS) is 31.5. The van der Waals surface area contributed by atoms with Crippen molar-refractivity contribution in [2.45, 2.75) is 52.5 Å². The van der Waals surface area contributed by atoms with Gasteiger partial charge in [0.15, 0.2) is 0 Å². The van der Waals surface area contributed by atoms with Crippen molar-refractivity contribution >= 4 is 5.97 Å². The van der Waals surface area contributed by atoms with E-state index in [0.717, 1.165) is 30.7 Å². The fraction of sp³-hybridized carbons (Fsp3) is 0.929.